The highest BCUT2D eigenvalue weighted by molar-refractivity contribution is 7.14. The minimum atomic E-state index is -0.609. The van der Waals surface area contributed by atoms with Crippen LogP contribution in [0.15, 0.2) is 47.8 Å². The second-order valence-electron chi connectivity index (χ2n) is 7.85. The Morgan fingerprint density at radius 1 is 1.25 bits per heavy atom. The maximum absolute atomic E-state index is 12.5. The third-order valence-electron chi connectivity index (χ3n) is 5.33. The van der Waals surface area contributed by atoms with Crippen LogP contribution in [0.25, 0.3) is 11.3 Å². The number of amides is 2. The van der Waals surface area contributed by atoms with Gasteiger partial charge in [0.05, 0.1) is 16.0 Å². The Bertz CT molecular complexity index is 1220. The van der Waals surface area contributed by atoms with Crippen LogP contribution >= 0.6 is 11.3 Å². The molecule has 4 rings (SSSR count). The molecular formula is C22H20N4O5S. The first-order chi connectivity index (χ1) is 15.2. The van der Waals surface area contributed by atoms with Crippen molar-refractivity contribution in [2.75, 3.05) is 23.9 Å². The van der Waals surface area contributed by atoms with Crippen molar-refractivity contribution in [1.82, 2.24) is 4.98 Å². The van der Waals surface area contributed by atoms with Crippen LogP contribution in [0.4, 0.5) is 16.5 Å². The van der Waals surface area contributed by atoms with E-state index in [1.54, 1.807) is 11.9 Å². The molecule has 0 saturated carbocycles. The molecule has 2 amide bonds. The summed E-state index contributed by atoms with van der Waals surface area (Å²) in [5.41, 5.74) is 2.72. The Morgan fingerprint density at radius 3 is 2.66 bits per heavy atom. The molecule has 1 N–H and O–H groups in total. The molecule has 0 saturated heterocycles. The van der Waals surface area contributed by atoms with Gasteiger partial charge in [0.2, 0.25) is 5.91 Å². The van der Waals surface area contributed by atoms with Gasteiger partial charge in [0, 0.05) is 35.8 Å². The number of thiazole rings is 1. The van der Waals surface area contributed by atoms with Crippen molar-refractivity contribution in [1.29, 1.82) is 0 Å². The molecule has 0 atom stereocenters. The fraction of sp³-hybridized carbons (Fsp3) is 0.227. The number of carbonyl (C=O) groups is 2. The van der Waals surface area contributed by atoms with Gasteiger partial charge in [-0.15, -0.1) is 11.3 Å². The van der Waals surface area contributed by atoms with E-state index in [4.69, 9.17) is 4.74 Å². The van der Waals surface area contributed by atoms with E-state index in [0.717, 1.165) is 16.8 Å². The van der Waals surface area contributed by atoms with Crippen LogP contribution in [0, 0.1) is 10.1 Å². The molecule has 10 heteroatoms. The lowest BCUT2D eigenvalue weighted by molar-refractivity contribution is -0.384. The van der Waals surface area contributed by atoms with Gasteiger partial charge in [0.25, 0.3) is 11.6 Å². The quantitative estimate of drug-likeness (QED) is 0.447. The molecule has 2 aromatic carbocycles. The summed E-state index contributed by atoms with van der Waals surface area (Å²) < 4.78 is 5.37. The van der Waals surface area contributed by atoms with Gasteiger partial charge < -0.3 is 9.64 Å². The van der Waals surface area contributed by atoms with E-state index < -0.39 is 16.2 Å². The van der Waals surface area contributed by atoms with Crippen molar-refractivity contribution in [2.24, 2.45) is 0 Å². The third kappa shape index (κ3) is 3.92. The number of nitrogens with zero attached hydrogens (tertiary/aromatic N) is 3. The number of hydrogen-bond acceptors (Lipinski definition) is 7. The number of aromatic nitrogens is 1. The molecule has 1 aromatic heterocycles. The summed E-state index contributed by atoms with van der Waals surface area (Å²) in [7, 11) is 1.77. The second-order valence-corrected chi connectivity index (χ2v) is 8.70. The largest absolute Gasteiger partial charge is 0.484 e. The average molecular weight is 452 g/mol. The van der Waals surface area contributed by atoms with Gasteiger partial charge >= 0.3 is 0 Å². The normalized spacial score (nSPS) is 14.2. The Kier molecular flexibility index (Phi) is 5.39. The molecule has 0 unspecified atom stereocenters. The van der Waals surface area contributed by atoms with E-state index in [0.29, 0.717) is 16.6 Å². The minimum Gasteiger partial charge on any atom is -0.484 e. The van der Waals surface area contributed by atoms with E-state index in [9.17, 15) is 19.7 Å². The maximum atomic E-state index is 12.5. The number of benzene rings is 2. The van der Waals surface area contributed by atoms with Crippen LogP contribution in [0.2, 0.25) is 0 Å². The monoisotopic (exact) mass is 452 g/mol. The average Bonchev–Trinajstić information content (AvgIpc) is 3.30. The predicted octanol–water partition coefficient (Wildman–Crippen LogP) is 3.99. The summed E-state index contributed by atoms with van der Waals surface area (Å²) in [6.07, 6.45) is 0. The number of rotatable bonds is 6. The van der Waals surface area contributed by atoms with Crippen LogP contribution in [0.1, 0.15) is 19.4 Å². The number of ether oxygens (including phenoxy) is 1. The molecule has 1 aliphatic heterocycles. The standard InChI is InChI=1S/C22H20N4O5S/c1-22(2)16-10-13(4-9-18(16)25(3)20(22)28)17-12-32-21(23-17)24-19(27)11-31-15-7-5-14(6-8-15)26(29)30/h4-10,12H,11H2,1-3H3,(H,23,24,27). The summed E-state index contributed by atoms with van der Waals surface area (Å²) in [5.74, 6) is 0.00121. The summed E-state index contributed by atoms with van der Waals surface area (Å²) >= 11 is 1.28. The highest BCUT2D eigenvalue weighted by atomic mass is 32.1. The van der Waals surface area contributed by atoms with Crippen LogP contribution in [0.3, 0.4) is 0 Å². The second kappa shape index (κ2) is 8.04. The SMILES string of the molecule is CN1C(=O)C(C)(C)c2cc(-c3csc(NC(=O)COc4ccc([N+](=O)[O-])cc4)n3)ccc21. The van der Waals surface area contributed by atoms with Crippen molar-refractivity contribution in [3.63, 3.8) is 0 Å². The Labute approximate surface area is 187 Å². The molecule has 1 aliphatic rings. The first-order valence-corrected chi connectivity index (χ1v) is 10.6. The number of nitrogens with one attached hydrogen (secondary N) is 1. The summed E-state index contributed by atoms with van der Waals surface area (Å²) in [4.78, 5) is 41.0. The summed E-state index contributed by atoms with van der Waals surface area (Å²) in [6, 6.07) is 11.3. The van der Waals surface area contributed by atoms with Crippen molar-refractivity contribution in [3.8, 4) is 17.0 Å². The van der Waals surface area contributed by atoms with Crippen LogP contribution in [0.5, 0.6) is 5.75 Å². The molecule has 0 fully saturated rings. The Hall–Kier alpha value is -3.79. The van der Waals surface area contributed by atoms with Crippen molar-refractivity contribution in [3.05, 3.63) is 63.5 Å². The van der Waals surface area contributed by atoms with E-state index in [2.05, 4.69) is 10.3 Å². The molecule has 164 valence electrons. The van der Waals surface area contributed by atoms with Gasteiger partial charge in [-0.25, -0.2) is 4.98 Å². The first kappa shape index (κ1) is 21.4. The highest BCUT2D eigenvalue weighted by Crippen LogP contribution is 2.42. The predicted molar refractivity (Wildman–Crippen MR) is 121 cm³/mol. The zero-order chi connectivity index (χ0) is 23.0. The van der Waals surface area contributed by atoms with E-state index in [1.807, 2.05) is 37.4 Å². The molecule has 3 aromatic rings. The molecular weight excluding hydrogens is 432 g/mol. The maximum Gasteiger partial charge on any atom is 0.269 e. The van der Waals surface area contributed by atoms with E-state index in [-0.39, 0.29) is 18.2 Å². The smallest absolute Gasteiger partial charge is 0.269 e. The van der Waals surface area contributed by atoms with Crippen molar-refractivity contribution in [2.45, 2.75) is 19.3 Å². The zero-order valence-corrected chi connectivity index (χ0v) is 18.4. The van der Waals surface area contributed by atoms with E-state index >= 15 is 0 Å². The van der Waals surface area contributed by atoms with Gasteiger partial charge in [-0.05, 0) is 43.7 Å². The van der Waals surface area contributed by atoms with Gasteiger partial charge in [0.15, 0.2) is 11.7 Å². The molecule has 0 bridgehead atoms. The molecule has 9 nitrogen and oxygen atoms in total. The van der Waals surface area contributed by atoms with Crippen molar-refractivity contribution < 1.29 is 19.2 Å². The summed E-state index contributed by atoms with van der Waals surface area (Å²) in [6.45, 7) is 3.55. The molecule has 0 spiro atoms. The lowest BCUT2D eigenvalue weighted by atomic mass is 9.85. The number of hydrogen-bond donors (Lipinski definition) is 1. The number of fused-ring (bicyclic) bond motifs is 1. The first-order valence-electron chi connectivity index (χ1n) is 9.72. The number of nitro groups is 1. The van der Waals surface area contributed by atoms with Crippen LogP contribution in [-0.2, 0) is 15.0 Å². The van der Waals surface area contributed by atoms with Gasteiger partial charge in [-0.2, -0.15) is 0 Å². The minimum absolute atomic E-state index is 0.0453. The molecule has 0 radical (unpaired) electrons. The fourth-order valence-electron chi connectivity index (χ4n) is 3.56. The fourth-order valence-corrected chi connectivity index (χ4v) is 4.30. The van der Waals surface area contributed by atoms with Gasteiger partial charge in [0.1, 0.15) is 5.75 Å². The number of nitro benzene ring substituents is 1. The molecule has 2 heterocycles. The number of likely N-dealkylation sites (N-methyl/N-ethyl adjacent to an activating group) is 1. The number of anilines is 2. The Balaban J connectivity index is 1.41. The van der Waals surface area contributed by atoms with Crippen LogP contribution in [-0.4, -0.2) is 35.4 Å². The number of carbonyl (C=O) groups excluding carboxylic acids is 2. The third-order valence-corrected chi connectivity index (χ3v) is 6.09. The summed E-state index contributed by atoms with van der Waals surface area (Å²) in [5, 5.41) is 15.6. The molecule has 32 heavy (non-hydrogen) atoms. The zero-order valence-electron chi connectivity index (χ0n) is 17.6. The molecule has 0 aliphatic carbocycles. The number of non-ortho nitro benzene ring substituents is 1. The van der Waals surface area contributed by atoms with Crippen molar-refractivity contribution >= 4 is 39.7 Å². The lowest BCUT2D eigenvalue weighted by Crippen LogP contribution is -2.33. The lowest BCUT2D eigenvalue weighted by Gasteiger charge is -2.16. The highest BCUT2D eigenvalue weighted by Gasteiger charge is 2.42. The van der Waals surface area contributed by atoms with E-state index in [1.165, 1.54) is 35.6 Å². The van der Waals surface area contributed by atoms with Gasteiger partial charge in [-0.3, -0.25) is 25.0 Å². The topological polar surface area (TPSA) is 115 Å². The Morgan fingerprint density at radius 2 is 1.97 bits per heavy atom. The van der Waals surface area contributed by atoms with Crippen LogP contribution < -0.4 is 15.0 Å². The van der Waals surface area contributed by atoms with Gasteiger partial charge in [-0.1, -0.05) is 6.07 Å².